The Hall–Kier alpha value is -3.21. The van der Waals surface area contributed by atoms with Crippen molar-refractivity contribution in [1.82, 2.24) is 15.0 Å². The van der Waals surface area contributed by atoms with Gasteiger partial charge in [0, 0.05) is 35.9 Å². The number of alkyl halides is 3. The molecule has 0 bridgehead atoms. The lowest BCUT2D eigenvalue weighted by Gasteiger charge is -2.15. The summed E-state index contributed by atoms with van der Waals surface area (Å²) >= 11 is 1.43. The van der Waals surface area contributed by atoms with Gasteiger partial charge in [0.1, 0.15) is 11.4 Å². The summed E-state index contributed by atoms with van der Waals surface area (Å²) in [7, 11) is 0. The second kappa shape index (κ2) is 7.66. The van der Waals surface area contributed by atoms with Crippen LogP contribution in [0, 0.1) is 0 Å². The van der Waals surface area contributed by atoms with Gasteiger partial charge in [-0.1, -0.05) is 0 Å². The van der Waals surface area contributed by atoms with Gasteiger partial charge in [-0.2, -0.15) is 18.2 Å². The molecule has 4 rings (SSSR count). The van der Waals surface area contributed by atoms with Crippen molar-refractivity contribution < 1.29 is 18.0 Å². The Morgan fingerprint density at radius 2 is 2.10 bits per heavy atom. The van der Waals surface area contributed by atoms with Gasteiger partial charge in [-0.05, 0) is 23.8 Å². The molecule has 1 aromatic carbocycles. The maximum Gasteiger partial charge on any atom is 0.421 e. The van der Waals surface area contributed by atoms with Crippen molar-refractivity contribution in [3.05, 3.63) is 52.1 Å². The van der Waals surface area contributed by atoms with Gasteiger partial charge in [0.05, 0.1) is 17.6 Å². The largest absolute Gasteiger partial charge is 0.421 e. The number of amides is 1. The number of nitrogens with zero attached hydrogens (tertiary/aromatic N) is 3. The number of fused-ring (bicyclic) bond motifs is 1. The van der Waals surface area contributed by atoms with Crippen molar-refractivity contribution in [3.63, 3.8) is 0 Å². The fourth-order valence-corrected chi connectivity index (χ4v) is 3.48. The monoisotopic (exact) mass is 420 g/mol. The minimum absolute atomic E-state index is 0.0198. The zero-order chi connectivity index (χ0) is 20.4. The van der Waals surface area contributed by atoms with Gasteiger partial charge >= 0.3 is 6.18 Å². The third kappa shape index (κ3) is 4.45. The van der Waals surface area contributed by atoms with Crippen LogP contribution in [0.1, 0.15) is 16.8 Å². The smallest absolute Gasteiger partial charge is 0.369 e. The predicted molar refractivity (Wildman–Crippen MR) is 103 cm³/mol. The van der Waals surface area contributed by atoms with E-state index >= 15 is 0 Å². The van der Waals surface area contributed by atoms with Crippen molar-refractivity contribution in [1.29, 1.82) is 0 Å². The van der Waals surface area contributed by atoms with Crippen LogP contribution in [0.4, 0.5) is 36.3 Å². The van der Waals surface area contributed by atoms with Gasteiger partial charge in [-0.3, -0.25) is 4.79 Å². The van der Waals surface area contributed by atoms with E-state index in [0.29, 0.717) is 12.1 Å². The normalized spacial score (nSPS) is 13.1. The molecular weight excluding hydrogens is 405 g/mol. The Morgan fingerprint density at radius 3 is 2.86 bits per heavy atom. The summed E-state index contributed by atoms with van der Waals surface area (Å²) in [5.74, 6) is -0.385. The topological polar surface area (TPSA) is 91.8 Å². The number of aromatic nitrogens is 3. The minimum Gasteiger partial charge on any atom is -0.369 e. The summed E-state index contributed by atoms with van der Waals surface area (Å²) in [5, 5.41) is 10.2. The highest BCUT2D eigenvalue weighted by Gasteiger charge is 2.35. The molecule has 0 radical (unpaired) electrons. The number of carbonyl (C=O) groups is 1. The number of carbonyl (C=O) groups excluding carboxylic acids is 1. The Labute approximate surface area is 167 Å². The Balaban J connectivity index is 1.53. The first kappa shape index (κ1) is 19.1. The van der Waals surface area contributed by atoms with Crippen LogP contribution in [0.2, 0.25) is 0 Å². The van der Waals surface area contributed by atoms with Gasteiger partial charge in [0.15, 0.2) is 0 Å². The Morgan fingerprint density at radius 1 is 1.24 bits per heavy atom. The SMILES string of the molecule is O=C1Cc2cc(Nc3ncc(C(F)(F)F)c(NCCc4cscn4)n3)ccc2N1. The first-order valence-electron chi connectivity index (χ1n) is 8.63. The third-order valence-corrected chi connectivity index (χ3v) is 4.87. The zero-order valence-corrected chi connectivity index (χ0v) is 15.7. The Bertz CT molecular complexity index is 1040. The fraction of sp³-hybridized carbons (Fsp3) is 0.222. The van der Waals surface area contributed by atoms with E-state index in [2.05, 4.69) is 30.9 Å². The molecule has 2 aromatic heterocycles. The number of nitrogens with one attached hydrogen (secondary N) is 3. The van der Waals surface area contributed by atoms with Crippen molar-refractivity contribution in [2.24, 2.45) is 0 Å². The van der Waals surface area contributed by atoms with E-state index in [4.69, 9.17) is 0 Å². The molecule has 3 aromatic rings. The van der Waals surface area contributed by atoms with Crippen molar-refractivity contribution in [3.8, 4) is 0 Å². The zero-order valence-electron chi connectivity index (χ0n) is 14.9. The molecule has 1 aliphatic rings. The van der Waals surface area contributed by atoms with Crippen LogP contribution in [0.15, 0.2) is 35.3 Å². The number of hydrogen-bond acceptors (Lipinski definition) is 7. The molecule has 0 saturated heterocycles. The quantitative estimate of drug-likeness (QED) is 0.561. The van der Waals surface area contributed by atoms with E-state index < -0.39 is 11.7 Å². The van der Waals surface area contributed by atoms with Crippen LogP contribution in [0.5, 0.6) is 0 Å². The van der Waals surface area contributed by atoms with Gasteiger partial charge < -0.3 is 16.0 Å². The first-order chi connectivity index (χ1) is 13.9. The second-order valence-electron chi connectivity index (χ2n) is 6.33. The summed E-state index contributed by atoms with van der Waals surface area (Å²) in [4.78, 5) is 23.4. The summed E-state index contributed by atoms with van der Waals surface area (Å²) in [5.41, 5.74) is 3.62. The van der Waals surface area contributed by atoms with Crippen LogP contribution in [0.3, 0.4) is 0 Å². The van der Waals surface area contributed by atoms with E-state index in [9.17, 15) is 18.0 Å². The average molecular weight is 420 g/mol. The van der Waals surface area contributed by atoms with Gasteiger partial charge in [0.2, 0.25) is 11.9 Å². The second-order valence-corrected chi connectivity index (χ2v) is 7.05. The average Bonchev–Trinajstić information content (AvgIpc) is 3.29. The van der Waals surface area contributed by atoms with Crippen LogP contribution in [-0.4, -0.2) is 27.4 Å². The van der Waals surface area contributed by atoms with Gasteiger partial charge in [-0.15, -0.1) is 11.3 Å². The van der Waals surface area contributed by atoms with Crippen LogP contribution >= 0.6 is 11.3 Å². The van der Waals surface area contributed by atoms with E-state index in [1.54, 1.807) is 23.7 Å². The molecule has 3 heterocycles. The van der Waals surface area contributed by atoms with Crippen LogP contribution in [0.25, 0.3) is 0 Å². The summed E-state index contributed by atoms with van der Waals surface area (Å²) in [6.45, 7) is 0.246. The standard InChI is InChI=1S/C18H15F3N6OS/c19-18(20,21)13-7-23-17(27-16(13)22-4-3-12-8-29-9-24-12)25-11-1-2-14-10(5-11)6-15(28)26-14/h1-2,5,7-9H,3-4,6H2,(H,26,28)(H2,22,23,25,27). The van der Waals surface area contributed by atoms with Gasteiger partial charge in [-0.25, -0.2) is 9.97 Å². The summed E-state index contributed by atoms with van der Waals surface area (Å²) < 4.78 is 39.9. The maximum atomic E-state index is 13.3. The molecule has 7 nitrogen and oxygen atoms in total. The first-order valence-corrected chi connectivity index (χ1v) is 9.58. The molecule has 0 aliphatic carbocycles. The molecule has 0 atom stereocenters. The van der Waals surface area contributed by atoms with Crippen molar-refractivity contribution in [2.45, 2.75) is 19.0 Å². The molecule has 0 spiro atoms. The molecular formula is C18H15F3N6OS. The summed E-state index contributed by atoms with van der Waals surface area (Å²) in [6.07, 6.45) is -3.11. The van der Waals surface area contributed by atoms with Gasteiger partial charge in [0.25, 0.3) is 0 Å². The molecule has 0 unspecified atom stereocenters. The van der Waals surface area contributed by atoms with Crippen LogP contribution in [-0.2, 0) is 23.8 Å². The number of thiazole rings is 1. The predicted octanol–water partition coefficient (Wildman–Crippen LogP) is 3.84. The van der Waals surface area contributed by atoms with Crippen molar-refractivity contribution in [2.75, 3.05) is 22.5 Å². The minimum atomic E-state index is -4.58. The van der Waals surface area contributed by atoms with Crippen molar-refractivity contribution >= 4 is 40.4 Å². The number of halogens is 3. The maximum absolute atomic E-state index is 13.3. The number of anilines is 4. The van der Waals surface area contributed by atoms with E-state index in [0.717, 1.165) is 23.1 Å². The highest BCUT2D eigenvalue weighted by Crippen LogP contribution is 2.34. The number of benzene rings is 1. The number of rotatable bonds is 6. The van der Waals surface area contributed by atoms with E-state index in [1.807, 2.05) is 5.38 Å². The molecule has 11 heteroatoms. The molecule has 1 aliphatic heterocycles. The molecule has 1 amide bonds. The molecule has 150 valence electrons. The number of hydrogen-bond donors (Lipinski definition) is 3. The molecule has 29 heavy (non-hydrogen) atoms. The molecule has 0 fully saturated rings. The Kier molecular flexibility index (Phi) is 5.05. The fourth-order valence-electron chi connectivity index (χ4n) is 2.89. The molecule has 3 N–H and O–H groups in total. The highest BCUT2D eigenvalue weighted by atomic mass is 32.1. The van der Waals surface area contributed by atoms with E-state index in [-0.39, 0.29) is 30.6 Å². The van der Waals surface area contributed by atoms with Crippen LogP contribution < -0.4 is 16.0 Å². The lowest BCUT2D eigenvalue weighted by atomic mass is 10.1. The van der Waals surface area contributed by atoms with E-state index in [1.165, 1.54) is 11.3 Å². The molecule has 0 saturated carbocycles. The third-order valence-electron chi connectivity index (χ3n) is 4.24. The lowest BCUT2D eigenvalue weighted by molar-refractivity contribution is -0.137. The lowest BCUT2D eigenvalue weighted by Crippen LogP contribution is -2.16. The highest BCUT2D eigenvalue weighted by molar-refractivity contribution is 7.07. The summed E-state index contributed by atoms with van der Waals surface area (Å²) in [6, 6.07) is 5.16.